The molecule has 0 heterocycles. The van der Waals surface area contributed by atoms with E-state index in [-0.39, 0.29) is 18.1 Å². The summed E-state index contributed by atoms with van der Waals surface area (Å²) in [5, 5.41) is 5.70. The summed E-state index contributed by atoms with van der Waals surface area (Å²) in [5.74, 6) is -1.59. The predicted molar refractivity (Wildman–Crippen MR) is 79.7 cm³/mol. The Balaban J connectivity index is 1.99. The molecule has 0 saturated carbocycles. The van der Waals surface area contributed by atoms with Gasteiger partial charge < -0.3 is 10.6 Å². The lowest BCUT2D eigenvalue weighted by atomic mass is 10.2. The maximum absolute atomic E-state index is 13.4. The highest BCUT2D eigenvalue weighted by atomic mass is 35.5. The van der Waals surface area contributed by atoms with Gasteiger partial charge >= 0.3 is 0 Å². The molecule has 0 aromatic heterocycles. The molecule has 110 valence electrons. The second-order valence-electron chi connectivity index (χ2n) is 4.49. The fourth-order valence-electron chi connectivity index (χ4n) is 1.73. The largest absolute Gasteiger partial charge is 0.374 e. The number of carbonyl (C=O) groups is 1. The Labute approximate surface area is 125 Å². The zero-order valence-electron chi connectivity index (χ0n) is 11.2. The van der Waals surface area contributed by atoms with Crippen LogP contribution in [-0.2, 0) is 4.79 Å². The smallest absolute Gasteiger partial charge is 0.243 e. The Morgan fingerprint density at radius 2 is 1.90 bits per heavy atom. The molecule has 2 aromatic rings. The van der Waals surface area contributed by atoms with E-state index in [9.17, 15) is 13.6 Å². The molecule has 2 rings (SSSR count). The Bertz CT molecular complexity index is 677. The van der Waals surface area contributed by atoms with Crippen molar-refractivity contribution in [2.75, 3.05) is 17.2 Å². The maximum atomic E-state index is 13.4. The minimum Gasteiger partial charge on any atom is -0.374 e. The van der Waals surface area contributed by atoms with Gasteiger partial charge in [-0.3, -0.25) is 4.79 Å². The first-order valence-electron chi connectivity index (χ1n) is 6.20. The Morgan fingerprint density at radius 3 is 2.67 bits per heavy atom. The third kappa shape index (κ3) is 4.16. The van der Waals surface area contributed by atoms with Gasteiger partial charge in [-0.2, -0.15) is 0 Å². The van der Waals surface area contributed by atoms with Crippen LogP contribution in [0.4, 0.5) is 20.2 Å². The van der Waals surface area contributed by atoms with Crippen LogP contribution in [0.1, 0.15) is 5.56 Å². The summed E-state index contributed by atoms with van der Waals surface area (Å²) in [6.45, 7) is 1.64. The van der Waals surface area contributed by atoms with Crippen molar-refractivity contribution in [3.8, 4) is 0 Å². The highest BCUT2D eigenvalue weighted by Gasteiger charge is 2.08. The van der Waals surface area contributed by atoms with Crippen LogP contribution in [0, 0.1) is 18.6 Å². The molecular weight excluding hydrogens is 298 g/mol. The van der Waals surface area contributed by atoms with E-state index in [2.05, 4.69) is 10.6 Å². The van der Waals surface area contributed by atoms with Crippen molar-refractivity contribution in [3.63, 3.8) is 0 Å². The number of hydrogen-bond donors (Lipinski definition) is 2. The van der Waals surface area contributed by atoms with E-state index in [0.717, 1.165) is 23.8 Å². The molecule has 2 aromatic carbocycles. The molecule has 0 unspecified atom stereocenters. The fourth-order valence-corrected chi connectivity index (χ4v) is 1.90. The SMILES string of the molecule is Cc1ccc(Cl)cc1NC(=O)CNc1cc(F)ccc1F. The van der Waals surface area contributed by atoms with E-state index >= 15 is 0 Å². The molecule has 0 fully saturated rings. The number of rotatable bonds is 4. The maximum Gasteiger partial charge on any atom is 0.243 e. The monoisotopic (exact) mass is 310 g/mol. The molecule has 0 aliphatic heterocycles. The minimum absolute atomic E-state index is 0.0621. The summed E-state index contributed by atoms with van der Waals surface area (Å²) < 4.78 is 26.4. The van der Waals surface area contributed by atoms with Crippen LogP contribution in [-0.4, -0.2) is 12.5 Å². The highest BCUT2D eigenvalue weighted by Crippen LogP contribution is 2.20. The predicted octanol–water partition coefficient (Wildman–Crippen LogP) is 3.98. The third-order valence-electron chi connectivity index (χ3n) is 2.84. The van der Waals surface area contributed by atoms with Gasteiger partial charge in [0.05, 0.1) is 12.2 Å². The Morgan fingerprint density at radius 1 is 1.14 bits per heavy atom. The molecule has 0 bridgehead atoms. The molecule has 0 aliphatic rings. The second kappa shape index (κ2) is 6.54. The number of nitrogens with one attached hydrogen (secondary N) is 2. The average Bonchev–Trinajstić information content (AvgIpc) is 2.44. The normalized spacial score (nSPS) is 10.3. The van der Waals surface area contributed by atoms with Crippen LogP contribution in [0.15, 0.2) is 36.4 Å². The summed E-state index contributed by atoms with van der Waals surface area (Å²) in [5.41, 5.74) is 1.37. The number of carbonyl (C=O) groups excluding carboxylic acids is 1. The molecular formula is C15H13ClF2N2O. The topological polar surface area (TPSA) is 41.1 Å². The molecule has 21 heavy (non-hydrogen) atoms. The number of benzene rings is 2. The van der Waals surface area contributed by atoms with Crippen LogP contribution in [0.3, 0.4) is 0 Å². The van der Waals surface area contributed by atoms with E-state index in [1.807, 2.05) is 6.92 Å². The van der Waals surface area contributed by atoms with E-state index < -0.39 is 11.6 Å². The van der Waals surface area contributed by atoms with Crippen molar-refractivity contribution in [2.24, 2.45) is 0 Å². The molecule has 3 nitrogen and oxygen atoms in total. The van der Waals surface area contributed by atoms with Crippen molar-refractivity contribution in [2.45, 2.75) is 6.92 Å². The second-order valence-corrected chi connectivity index (χ2v) is 4.92. The molecule has 0 radical (unpaired) electrons. The van der Waals surface area contributed by atoms with Crippen LogP contribution < -0.4 is 10.6 Å². The average molecular weight is 311 g/mol. The van der Waals surface area contributed by atoms with Crippen LogP contribution in [0.25, 0.3) is 0 Å². The standard InChI is InChI=1S/C15H13ClF2N2O/c1-9-2-3-10(16)6-13(9)20-15(21)8-19-14-7-11(17)4-5-12(14)18/h2-7,19H,8H2,1H3,(H,20,21). The summed E-state index contributed by atoms with van der Waals surface area (Å²) >= 11 is 5.85. The van der Waals surface area contributed by atoms with Crippen molar-refractivity contribution in [3.05, 3.63) is 58.6 Å². The zero-order chi connectivity index (χ0) is 15.4. The first kappa shape index (κ1) is 15.3. The molecule has 1 amide bonds. The molecule has 0 saturated heterocycles. The van der Waals surface area contributed by atoms with Crippen LogP contribution in [0.5, 0.6) is 0 Å². The van der Waals surface area contributed by atoms with Crippen LogP contribution in [0.2, 0.25) is 5.02 Å². The lowest BCUT2D eigenvalue weighted by Gasteiger charge is -2.10. The number of aryl methyl sites for hydroxylation is 1. The Hall–Kier alpha value is -2.14. The van der Waals surface area contributed by atoms with Gasteiger partial charge in [0.2, 0.25) is 5.91 Å². The van der Waals surface area contributed by atoms with Crippen molar-refractivity contribution in [1.29, 1.82) is 0 Å². The van der Waals surface area contributed by atoms with Gasteiger partial charge in [0, 0.05) is 10.7 Å². The lowest BCUT2D eigenvalue weighted by molar-refractivity contribution is -0.114. The van der Waals surface area contributed by atoms with E-state index in [0.29, 0.717) is 10.7 Å². The molecule has 0 atom stereocenters. The molecule has 0 aliphatic carbocycles. The first-order valence-corrected chi connectivity index (χ1v) is 6.58. The first-order chi connectivity index (χ1) is 9.95. The summed E-state index contributed by atoms with van der Waals surface area (Å²) in [6.07, 6.45) is 0. The fraction of sp³-hybridized carbons (Fsp3) is 0.133. The van der Waals surface area contributed by atoms with E-state index in [4.69, 9.17) is 11.6 Å². The minimum atomic E-state index is -0.622. The van der Waals surface area contributed by atoms with Gasteiger partial charge in [-0.1, -0.05) is 17.7 Å². The van der Waals surface area contributed by atoms with Gasteiger partial charge in [-0.25, -0.2) is 8.78 Å². The summed E-state index contributed by atoms with van der Waals surface area (Å²) in [6, 6.07) is 8.11. The zero-order valence-corrected chi connectivity index (χ0v) is 12.0. The highest BCUT2D eigenvalue weighted by molar-refractivity contribution is 6.31. The summed E-state index contributed by atoms with van der Waals surface area (Å²) in [7, 11) is 0. The van der Waals surface area contributed by atoms with Crippen molar-refractivity contribution in [1.82, 2.24) is 0 Å². The van der Waals surface area contributed by atoms with Crippen LogP contribution >= 0.6 is 11.6 Å². The van der Waals surface area contributed by atoms with Crippen molar-refractivity contribution >= 4 is 28.9 Å². The van der Waals surface area contributed by atoms with E-state index in [1.165, 1.54) is 0 Å². The molecule has 6 heteroatoms. The van der Waals surface area contributed by atoms with Gasteiger partial charge in [0.25, 0.3) is 0 Å². The molecule has 2 N–H and O–H groups in total. The molecule has 0 spiro atoms. The lowest BCUT2D eigenvalue weighted by Crippen LogP contribution is -2.22. The third-order valence-corrected chi connectivity index (χ3v) is 3.08. The quantitative estimate of drug-likeness (QED) is 0.897. The number of amides is 1. The van der Waals surface area contributed by atoms with Gasteiger partial charge in [-0.15, -0.1) is 0 Å². The number of anilines is 2. The number of halogens is 3. The van der Waals surface area contributed by atoms with Gasteiger partial charge in [-0.05, 0) is 42.8 Å². The Kier molecular flexibility index (Phi) is 4.75. The van der Waals surface area contributed by atoms with Gasteiger partial charge in [0.15, 0.2) is 0 Å². The number of hydrogen-bond acceptors (Lipinski definition) is 2. The van der Waals surface area contributed by atoms with E-state index in [1.54, 1.807) is 18.2 Å². The summed E-state index contributed by atoms with van der Waals surface area (Å²) in [4.78, 5) is 11.8. The van der Waals surface area contributed by atoms with Crippen molar-refractivity contribution < 1.29 is 13.6 Å². The van der Waals surface area contributed by atoms with Gasteiger partial charge in [0.1, 0.15) is 11.6 Å².